The smallest absolute Gasteiger partial charge is 0.295 e. The van der Waals surface area contributed by atoms with Crippen LogP contribution < -0.4 is 5.32 Å². The Balaban J connectivity index is 3.12. The van der Waals surface area contributed by atoms with Crippen LogP contribution in [0, 0.1) is 21.7 Å². The molecule has 0 heterocycles. The predicted octanol–water partition coefficient (Wildman–Crippen LogP) is 3.86. The summed E-state index contributed by atoms with van der Waals surface area (Å²) in [6.45, 7) is 3.84. The number of nitrogens with zero attached hydrogens (tertiary/aromatic N) is 1. The summed E-state index contributed by atoms with van der Waals surface area (Å²) in [6.07, 6.45) is 2.28. The number of rotatable bonds is 6. The monoisotopic (exact) mass is 258 g/mol. The van der Waals surface area contributed by atoms with Gasteiger partial charge in [0.15, 0.2) is 17.3 Å². The lowest BCUT2D eigenvalue weighted by Gasteiger charge is -2.17. The van der Waals surface area contributed by atoms with E-state index in [0.29, 0.717) is 6.42 Å². The number of hydrogen-bond acceptors (Lipinski definition) is 3. The van der Waals surface area contributed by atoms with Crippen molar-refractivity contribution < 1.29 is 13.7 Å². The van der Waals surface area contributed by atoms with Gasteiger partial charge in [0.2, 0.25) is 0 Å². The maximum absolute atomic E-state index is 13.6. The molecule has 0 amide bonds. The third kappa shape index (κ3) is 3.15. The van der Waals surface area contributed by atoms with Crippen LogP contribution in [0.15, 0.2) is 12.1 Å². The first-order chi connectivity index (χ1) is 8.51. The molecular formula is C12H16F2N2O2. The molecule has 4 nitrogen and oxygen atoms in total. The summed E-state index contributed by atoms with van der Waals surface area (Å²) >= 11 is 0. The summed E-state index contributed by atoms with van der Waals surface area (Å²) in [6, 6.07) is 1.63. The van der Waals surface area contributed by atoms with Crippen molar-refractivity contribution in [3.8, 4) is 0 Å². The molecule has 1 rings (SSSR count). The largest absolute Gasteiger partial charge is 0.374 e. The third-order valence-corrected chi connectivity index (χ3v) is 2.75. The molecule has 0 fully saturated rings. The van der Waals surface area contributed by atoms with Gasteiger partial charge in [-0.05, 0) is 18.9 Å². The Morgan fingerprint density at radius 2 is 2.06 bits per heavy atom. The van der Waals surface area contributed by atoms with Gasteiger partial charge in [-0.25, -0.2) is 8.78 Å². The van der Waals surface area contributed by atoms with E-state index in [1.54, 1.807) is 0 Å². The molecule has 6 heteroatoms. The Morgan fingerprint density at radius 3 is 2.56 bits per heavy atom. The van der Waals surface area contributed by atoms with E-state index in [1.165, 1.54) is 0 Å². The summed E-state index contributed by atoms with van der Waals surface area (Å²) < 4.78 is 26.7. The van der Waals surface area contributed by atoms with Gasteiger partial charge < -0.3 is 5.32 Å². The molecule has 0 aliphatic rings. The van der Waals surface area contributed by atoms with Crippen LogP contribution in [0.4, 0.5) is 20.2 Å². The zero-order chi connectivity index (χ0) is 13.7. The Hall–Kier alpha value is -1.72. The highest BCUT2D eigenvalue weighted by Gasteiger charge is 2.23. The Bertz CT molecular complexity index is 438. The summed E-state index contributed by atoms with van der Waals surface area (Å²) in [4.78, 5) is 10.1. The van der Waals surface area contributed by atoms with Crippen molar-refractivity contribution in [2.24, 2.45) is 0 Å². The molecular weight excluding hydrogens is 242 g/mol. The van der Waals surface area contributed by atoms with E-state index >= 15 is 0 Å². The molecule has 0 aromatic heterocycles. The Kier molecular flexibility index (Phi) is 5.00. The van der Waals surface area contributed by atoms with E-state index in [4.69, 9.17) is 0 Å². The summed E-state index contributed by atoms with van der Waals surface area (Å²) in [7, 11) is 0. The van der Waals surface area contributed by atoms with Gasteiger partial charge >= 0.3 is 0 Å². The van der Waals surface area contributed by atoms with Crippen molar-refractivity contribution in [2.45, 2.75) is 39.2 Å². The van der Waals surface area contributed by atoms with Gasteiger partial charge in [-0.1, -0.05) is 20.3 Å². The van der Waals surface area contributed by atoms with E-state index in [0.717, 1.165) is 25.0 Å². The molecule has 1 unspecified atom stereocenters. The van der Waals surface area contributed by atoms with E-state index in [9.17, 15) is 18.9 Å². The zero-order valence-electron chi connectivity index (χ0n) is 10.4. The van der Waals surface area contributed by atoms with E-state index in [1.807, 2.05) is 13.8 Å². The SMILES string of the molecule is CCCC(CC)Nc1c([N+](=O)[O-])ccc(F)c1F. The molecule has 0 bridgehead atoms. The van der Waals surface area contributed by atoms with Crippen molar-refractivity contribution in [2.75, 3.05) is 5.32 Å². The van der Waals surface area contributed by atoms with Crippen molar-refractivity contribution in [1.82, 2.24) is 0 Å². The quantitative estimate of drug-likeness (QED) is 0.622. The van der Waals surface area contributed by atoms with Gasteiger partial charge in [0, 0.05) is 12.1 Å². The minimum Gasteiger partial charge on any atom is -0.374 e. The molecule has 1 aromatic carbocycles. The molecule has 1 atom stereocenters. The van der Waals surface area contributed by atoms with Crippen LogP contribution in [0.5, 0.6) is 0 Å². The zero-order valence-corrected chi connectivity index (χ0v) is 10.4. The lowest BCUT2D eigenvalue weighted by Crippen LogP contribution is -2.20. The number of anilines is 1. The van der Waals surface area contributed by atoms with Crippen LogP contribution in [0.2, 0.25) is 0 Å². The predicted molar refractivity (Wildman–Crippen MR) is 65.6 cm³/mol. The van der Waals surface area contributed by atoms with Gasteiger partial charge in [0.05, 0.1) is 4.92 Å². The van der Waals surface area contributed by atoms with Gasteiger partial charge in [0.25, 0.3) is 5.69 Å². The maximum Gasteiger partial charge on any atom is 0.295 e. The van der Waals surface area contributed by atoms with Crippen LogP contribution in [0.1, 0.15) is 33.1 Å². The van der Waals surface area contributed by atoms with Crippen molar-refractivity contribution in [3.63, 3.8) is 0 Å². The van der Waals surface area contributed by atoms with E-state index < -0.39 is 22.2 Å². The Labute approximate surface area is 104 Å². The van der Waals surface area contributed by atoms with Gasteiger partial charge in [-0.15, -0.1) is 0 Å². The van der Waals surface area contributed by atoms with Crippen LogP contribution >= 0.6 is 0 Å². The highest BCUT2D eigenvalue weighted by molar-refractivity contribution is 5.63. The molecule has 18 heavy (non-hydrogen) atoms. The minimum absolute atomic E-state index is 0.106. The van der Waals surface area contributed by atoms with Crippen LogP contribution in [-0.4, -0.2) is 11.0 Å². The molecule has 1 aromatic rings. The van der Waals surface area contributed by atoms with Gasteiger partial charge in [0.1, 0.15) is 0 Å². The second-order valence-electron chi connectivity index (χ2n) is 4.05. The normalized spacial score (nSPS) is 12.2. The topological polar surface area (TPSA) is 55.2 Å². The number of nitrogens with one attached hydrogen (secondary N) is 1. The number of hydrogen-bond donors (Lipinski definition) is 1. The number of benzene rings is 1. The highest BCUT2D eigenvalue weighted by Crippen LogP contribution is 2.30. The van der Waals surface area contributed by atoms with Crippen molar-refractivity contribution >= 4 is 11.4 Å². The fourth-order valence-electron chi connectivity index (χ4n) is 1.76. The first kappa shape index (κ1) is 14.3. The number of halogens is 2. The standard InChI is InChI=1S/C12H16F2N2O2/c1-3-5-8(4-2)15-12-10(16(17)18)7-6-9(13)11(12)14/h6-8,15H,3-5H2,1-2H3. The molecule has 1 N–H and O–H groups in total. The molecule has 0 spiro atoms. The number of nitro benzene ring substituents is 1. The summed E-state index contributed by atoms with van der Waals surface area (Å²) in [5, 5.41) is 13.5. The minimum atomic E-state index is -1.20. The second-order valence-corrected chi connectivity index (χ2v) is 4.05. The van der Waals surface area contributed by atoms with E-state index in [-0.39, 0.29) is 11.7 Å². The fraction of sp³-hybridized carbons (Fsp3) is 0.500. The Morgan fingerprint density at radius 1 is 1.39 bits per heavy atom. The van der Waals surface area contributed by atoms with Crippen LogP contribution in [-0.2, 0) is 0 Å². The molecule has 100 valence electrons. The van der Waals surface area contributed by atoms with Crippen molar-refractivity contribution in [3.05, 3.63) is 33.9 Å². The average molecular weight is 258 g/mol. The maximum atomic E-state index is 13.6. The molecule has 0 saturated heterocycles. The molecule has 0 aliphatic heterocycles. The molecule has 0 aliphatic carbocycles. The lowest BCUT2D eigenvalue weighted by molar-refractivity contribution is -0.384. The highest BCUT2D eigenvalue weighted by atomic mass is 19.2. The number of nitro groups is 1. The summed E-state index contributed by atoms with van der Waals surface area (Å²) in [5.74, 6) is -2.28. The van der Waals surface area contributed by atoms with E-state index in [2.05, 4.69) is 5.32 Å². The fourth-order valence-corrected chi connectivity index (χ4v) is 1.76. The first-order valence-electron chi connectivity index (χ1n) is 5.90. The lowest BCUT2D eigenvalue weighted by atomic mass is 10.1. The second kappa shape index (κ2) is 6.28. The molecule has 0 radical (unpaired) electrons. The molecule has 0 saturated carbocycles. The van der Waals surface area contributed by atoms with Crippen LogP contribution in [0.25, 0.3) is 0 Å². The summed E-state index contributed by atoms with van der Waals surface area (Å²) in [5.41, 5.74) is -0.802. The van der Waals surface area contributed by atoms with Crippen LogP contribution in [0.3, 0.4) is 0 Å². The first-order valence-corrected chi connectivity index (χ1v) is 5.90. The van der Waals surface area contributed by atoms with Gasteiger partial charge in [-0.2, -0.15) is 0 Å². The average Bonchev–Trinajstić information content (AvgIpc) is 2.33. The van der Waals surface area contributed by atoms with Crippen molar-refractivity contribution in [1.29, 1.82) is 0 Å². The third-order valence-electron chi connectivity index (χ3n) is 2.75. The van der Waals surface area contributed by atoms with Gasteiger partial charge in [-0.3, -0.25) is 10.1 Å².